The van der Waals surface area contributed by atoms with Gasteiger partial charge in [-0.1, -0.05) is 23.9 Å². The molecule has 0 saturated carbocycles. The minimum atomic E-state index is -4.71. The van der Waals surface area contributed by atoms with Gasteiger partial charge >= 0.3 is 6.36 Å². The van der Waals surface area contributed by atoms with Crippen LogP contribution < -0.4 is 10.3 Å². The van der Waals surface area contributed by atoms with Gasteiger partial charge in [0.2, 0.25) is 0 Å². The number of thioether (sulfide) groups is 1. The third-order valence-corrected chi connectivity index (χ3v) is 4.44. The molecule has 0 fully saturated rings. The molecule has 0 bridgehead atoms. The van der Waals surface area contributed by atoms with Crippen LogP contribution in [0.5, 0.6) is 5.75 Å². The van der Waals surface area contributed by atoms with Crippen LogP contribution in [0.2, 0.25) is 0 Å². The Kier molecular flexibility index (Phi) is 5.05. The van der Waals surface area contributed by atoms with Crippen molar-refractivity contribution in [2.75, 3.05) is 12.8 Å². The van der Waals surface area contributed by atoms with Gasteiger partial charge in [-0.05, 0) is 24.0 Å². The molecule has 0 aliphatic carbocycles. The summed E-state index contributed by atoms with van der Waals surface area (Å²) in [6.07, 6.45) is -2.24. The van der Waals surface area contributed by atoms with Crippen molar-refractivity contribution in [2.24, 2.45) is 0 Å². The standard InChI is InChI=1S/C16H16F3N3O2S/c1-25-15-20-13-5-6-22(9-12(13)14(23)21-15)8-10-3-2-4-11(7-10)24-16(17,18)19/h2-4,7H,5-6,8-9H2,1H3,(H,20,21,23). The summed E-state index contributed by atoms with van der Waals surface area (Å²) < 4.78 is 40.9. The third kappa shape index (κ3) is 4.55. The van der Waals surface area contributed by atoms with Gasteiger partial charge < -0.3 is 9.72 Å². The first-order valence-corrected chi connectivity index (χ1v) is 8.79. The van der Waals surface area contributed by atoms with E-state index in [1.807, 2.05) is 11.2 Å². The van der Waals surface area contributed by atoms with E-state index in [0.29, 0.717) is 42.3 Å². The van der Waals surface area contributed by atoms with Crippen molar-refractivity contribution in [1.82, 2.24) is 14.9 Å². The third-order valence-electron chi connectivity index (χ3n) is 3.86. The van der Waals surface area contributed by atoms with Crippen molar-refractivity contribution in [2.45, 2.75) is 31.0 Å². The summed E-state index contributed by atoms with van der Waals surface area (Å²) in [5, 5.41) is 0.592. The predicted molar refractivity (Wildman–Crippen MR) is 87.6 cm³/mol. The summed E-state index contributed by atoms with van der Waals surface area (Å²) in [4.78, 5) is 21.3. The molecule has 1 aromatic heterocycles. The van der Waals surface area contributed by atoms with Crippen molar-refractivity contribution in [1.29, 1.82) is 0 Å². The number of ether oxygens (including phenoxy) is 1. The Morgan fingerprint density at radius 3 is 2.92 bits per heavy atom. The molecule has 0 spiro atoms. The predicted octanol–water partition coefficient (Wildman–Crippen LogP) is 2.95. The number of alkyl halides is 3. The second-order valence-corrected chi connectivity index (χ2v) is 6.45. The van der Waals surface area contributed by atoms with E-state index in [9.17, 15) is 18.0 Å². The van der Waals surface area contributed by atoms with Gasteiger partial charge in [0.05, 0.1) is 11.3 Å². The minimum absolute atomic E-state index is 0.159. The van der Waals surface area contributed by atoms with Gasteiger partial charge in [0.1, 0.15) is 5.75 Å². The van der Waals surface area contributed by atoms with Gasteiger partial charge in [0.25, 0.3) is 5.56 Å². The highest BCUT2D eigenvalue weighted by Crippen LogP contribution is 2.25. The Labute approximate surface area is 146 Å². The van der Waals surface area contributed by atoms with E-state index in [1.54, 1.807) is 6.07 Å². The van der Waals surface area contributed by atoms with E-state index in [2.05, 4.69) is 14.7 Å². The molecule has 0 saturated heterocycles. The van der Waals surface area contributed by atoms with E-state index >= 15 is 0 Å². The summed E-state index contributed by atoms with van der Waals surface area (Å²) in [5.41, 5.74) is 1.94. The number of hydrogen-bond acceptors (Lipinski definition) is 5. The molecule has 2 aromatic rings. The van der Waals surface area contributed by atoms with Crippen molar-refractivity contribution < 1.29 is 17.9 Å². The van der Waals surface area contributed by atoms with Crippen LogP contribution in [0.4, 0.5) is 13.2 Å². The lowest BCUT2D eigenvalue weighted by molar-refractivity contribution is -0.274. The highest BCUT2D eigenvalue weighted by atomic mass is 32.2. The molecule has 5 nitrogen and oxygen atoms in total. The number of rotatable bonds is 4. The molecule has 1 N–H and O–H groups in total. The number of H-pyrrole nitrogens is 1. The maximum absolute atomic E-state index is 12.3. The zero-order valence-corrected chi connectivity index (χ0v) is 14.2. The van der Waals surface area contributed by atoms with Crippen LogP contribution in [-0.2, 0) is 19.5 Å². The second-order valence-electron chi connectivity index (χ2n) is 5.66. The number of aromatic amines is 1. The highest BCUT2D eigenvalue weighted by molar-refractivity contribution is 7.98. The summed E-state index contributed by atoms with van der Waals surface area (Å²) in [5.74, 6) is -0.244. The van der Waals surface area contributed by atoms with Gasteiger partial charge in [0.15, 0.2) is 5.16 Å². The first-order chi connectivity index (χ1) is 11.8. The van der Waals surface area contributed by atoms with Crippen LogP contribution in [0.25, 0.3) is 0 Å². The van der Waals surface area contributed by atoms with Crippen LogP contribution in [0.1, 0.15) is 16.8 Å². The smallest absolute Gasteiger partial charge is 0.406 e. The second kappa shape index (κ2) is 7.09. The SMILES string of the molecule is CSc1nc2c(c(=O)[nH]1)CN(Cc1cccc(OC(F)(F)F)c1)CC2. The molecule has 25 heavy (non-hydrogen) atoms. The van der Waals surface area contributed by atoms with Gasteiger partial charge in [-0.3, -0.25) is 9.69 Å². The Balaban J connectivity index is 1.73. The van der Waals surface area contributed by atoms with Crippen molar-refractivity contribution in [3.8, 4) is 5.75 Å². The molecule has 2 heterocycles. The molecule has 0 atom stereocenters. The fourth-order valence-electron chi connectivity index (χ4n) is 2.79. The fraction of sp³-hybridized carbons (Fsp3) is 0.375. The largest absolute Gasteiger partial charge is 0.573 e. The molecule has 0 unspecified atom stereocenters. The normalized spacial score (nSPS) is 15.0. The first kappa shape index (κ1) is 17.8. The molecule has 1 aliphatic heterocycles. The average Bonchev–Trinajstić information content (AvgIpc) is 2.54. The van der Waals surface area contributed by atoms with Crippen molar-refractivity contribution in [3.05, 3.63) is 51.4 Å². The lowest BCUT2D eigenvalue weighted by atomic mass is 10.1. The Hall–Kier alpha value is -2.00. The number of hydrogen-bond donors (Lipinski definition) is 1. The van der Waals surface area contributed by atoms with Crippen LogP contribution in [0, 0.1) is 0 Å². The lowest BCUT2D eigenvalue weighted by Gasteiger charge is -2.27. The maximum Gasteiger partial charge on any atom is 0.573 e. The van der Waals surface area contributed by atoms with Crippen molar-refractivity contribution >= 4 is 11.8 Å². The highest BCUT2D eigenvalue weighted by Gasteiger charge is 2.31. The molecule has 0 amide bonds. The van der Waals surface area contributed by atoms with Gasteiger partial charge in [-0.25, -0.2) is 4.98 Å². The van der Waals surface area contributed by atoms with Crippen molar-refractivity contribution in [3.63, 3.8) is 0 Å². The minimum Gasteiger partial charge on any atom is -0.406 e. The van der Waals surface area contributed by atoms with Crippen LogP contribution in [0.3, 0.4) is 0 Å². The van der Waals surface area contributed by atoms with E-state index in [1.165, 1.54) is 30.0 Å². The summed E-state index contributed by atoms with van der Waals surface area (Å²) in [7, 11) is 0. The van der Waals surface area contributed by atoms with Gasteiger partial charge in [-0.15, -0.1) is 13.2 Å². The topological polar surface area (TPSA) is 58.2 Å². The number of nitrogens with one attached hydrogen (secondary N) is 1. The van der Waals surface area contributed by atoms with Crippen LogP contribution >= 0.6 is 11.8 Å². The van der Waals surface area contributed by atoms with E-state index in [-0.39, 0.29) is 11.3 Å². The fourth-order valence-corrected chi connectivity index (χ4v) is 3.19. The zero-order chi connectivity index (χ0) is 18.0. The Morgan fingerprint density at radius 1 is 1.40 bits per heavy atom. The van der Waals surface area contributed by atoms with E-state index in [4.69, 9.17) is 0 Å². The summed E-state index contributed by atoms with van der Waals surface area (Å²) in [6.45, 7) is 1.52. The Morgan fingerprint density at radius 2 is 2.20 bits per heavy atom. The molecular formula is C16H16F3N3O2S. The van der Waals surface area contributed by atoms with Gasteiger partial charge in [0, 0.05) is 26.1 Å². The number of halogens is 3. The molecular weight excluding hydrogens is 355 g/mol. The molecule has 9 heteroatoms. The summed E-state index contributed by atoms with van der Waals surface area (Å²) >= 11 is 1.38. The number of aromatic nitrogens is 2. The van der Waals surface area contributed by atoms with E-state index in [0.717, 1.165) is 5.69 Å². The number of nitrogens with zero attached hydrogens (tertiary/aromatic N) is 2. The molecule has 134 valence electrons. The van der Waals surface area contributed by atoms with Crippen LogP contribution in [-0.4, -0.2) is 34.0 Å². The van der Waals surface area contributed by atoms with E-state index < -0.39 is 6.36 Å². The zero-order valence-electron chi connectivity index (χ0n) is 13.4. The molecule has 1 aromatic carbocycles. The Bertz CT molecular complexity index is 823. The number of benzene rings is 1. The summed E-state index contributed by atoms with van der Waals surface area (Å²) in [6, 6.07) is 5.88. The molecule has 3 rings (SSSR count). The average molecular weight is 371 g/mol. The number of fused-ring (bicyclic) bond motifs is 1. The quantitative estimate of drug-likeness (QED) is 0.662. The van der Waals surface area contributed by atoms with Gasteiger partial charge in [-0.2, -0.15) is 0 Å². The molecule has 1 aliphatic rings. The lowest BCUT2D eigenvalue weighted by Crippen LogP contribution is -2.35. The maximum atomic E-state index is 12.3. The first-order valence-electron chi connectivity index (χ1n) is 7.57. The van der Waals surface area contributed by atoms with Crippen LogP contribution in [0.15, 0.2) is 34.2 Å². The monoisotopic (exact) mass is 371 g/mol. The molecule has 0 radical (unpaired) electrons.